The summed E-state index contributed by atoms with van der Waals surface area (Å²) >= 11 is 0. The van der Waals surface area contributed by atoms with Crippen molar-refractivity contribution < 1.29 is 17.9 Å². The van der Waals surface area contributed by atoms with E-state index in [1.54, 1.807) is 0 Å². The summed E-state index contributed by atoms with van der Waals surface area (Å²) < 4.78 is 40.5. The van der Waals surface area contributed by atoms with Crippen LogP contribution in [0.25, 0.3) is 0 Å². The highest BCUT2D eigenvalue weighted by atomic mass is 19.4. The molecule has 1 saturated carbocycles. The van der Waals surface area contributed by atoms with Crippen LogP contribution >= 0.6 is 0 Å². The van der Waals surface area contributed by atoms with Gasteiger partial charge >= 0.3 is 6.18 Å². The number of nitrogens with two attached hydrogens (primary N) is 1. The molecule has 2 N–H and O–H groups in total. The first-order chi connectivity index (χ1) is 8.91. The molecule has 0 saturated heterocycles. The number of halogens is 3. The van der Waals surface area contributed by atoms with Crippen LogP contribution in [0.1, 0.15) is 51.9 Å². The smallest absolute Gasteiger partial charge is 0.372 e. The van der Waals surface area contributed by atoms with Crippen LogP contribution in [-0.2, 0) is 4.74 Å². The Kier molecular flexibility index (Phi) is 6.60. The summed E-state index contributed by atoms with van der Waals surface area (Å²) in [5.41, 5.74) is 6.06. The van der Waals surface area contributed by atoms with Crippen LogP contribution < -0.4 is 5.73 Å². The lowest BCUT2D eigenvalue weighted by atomic mass is 9.67. The SMILES string of the molecule is CCC1CCCC(CN)(CCCOCC(F)(F)F)C1. The number of hydrogen-bond donors (Lipinski definition) is 1. The van der Waals surface area contributed by atoms with Gasteiger partial charge in [0.05, 0.1) is 0 Å². The molecule has 0 amide bonds. The summed E-state index contributed by atoms with van der Waals surface area (Å²) in [6, 6.07) is 0. The minimum atomic E-state index is -4.22. The summed E-state index contributed by atoms with van der Waals surface area (Å²) in [5, 5.41) is 0. The van der Waals surface area contributed by atoms with E-state index < -0.39 is 12.8 Å². The number of alkyl halides is 3. The second-order valence-corrected chi connectivity index (χ2v) is 5.85. The zero-order valence-corrected chi connectivity index (χ0v) is 11.8. The Labute approximate surface area is 113 Å². The number of hydrogen-bond acceptors (Lipinski definition) is 2. The number of ether oxygens (including phenoxy) is 1. The Morgan fingerprint density at radius 2 is 2.11 bits per heavy atom. The molecule has 1 aliphatic rings. The maximum Gasteiger partial charge on any atom is 0.411 e. The van der Waals surface area contributed by atoms with E-state index in [2.05, 4.69) is 11.7 Å². The fourth-order valence-corrected chi connectivity index (χ4v) is 3.18. The Morgan fingerprint density at radius 3 is 2.68 bits per heavy atom. The van der Waals surface area contributed by atoms with E-state index in [-0.39, 0.29) is 12.0 Å². The molecule has 1 fully saturated rings. The summed E-state index contributed by atoms with van der Waals surface area (Å²) in [6.45, 7) is 1.88. The molecule has 0 aromatic rings. The van der Waals surface area contributed by atoms with Crippen molar-refractivity contribution in [1.82, 2.24) is 0 Å². The van der Waals surface area contributed by atoms with E-state index in [4.69, 9.17) is 5.73 Å². The van der Waals surface area contributed by atoms with Crippen molar-refractivity contribution in [1.29, 1.82) is 0 Å². The highest BCUT2D eigenvalue weighted by Crippen LogP contribution is 2.43. The molecule has 2 nitrogen and oxygen atoms in total. The summed E-state index contributed by atoms with van der Waals surface area (Å²) in [7, 11) is 0. The first-order valence-electron chi connectivity index (χ1n) is 7.25. The van der Waals surface area contributed by atoms with E-state index in [9.17, 15) is 13.2 Å². The molecule has 0 spiro atoms. The van der Waals surface area contributed by atoms with Gasteiger partial charge in [-0.3, -0.25) is 0 Å². The van der Waals surface area contributed by atoms with Crippen molar-refractivity contribution in [2.24, 2.45) is 17.1 Å². The van der Waals surface area contributed by atoms with Crippen molar-refractivity contribution in [3.8, 4) is 0 Å². The van der Waals surface area contributed by atoms with Gasteiger partial charge in [0, 0.05) is 6.61 Å². The monoisotopic (exact) mass is 281 g/mol. The second kappa shape index (κ2) is 7.48. The first kappa shape index (κ1) is 16.8. The Hall–Kier alpha value is -0.290. The number of rotatable bonds is 7. The molecule has 0 aromatic carbocycles. The van der Waals surface area contributed by atoms with Gasteiger partial charge in [-0.25, -0.2) is 0 Å². The third-order valence-electron chi connectivity index (χ3n) is 4.31. The molecule has 2 unspecified atom stereocenters. The van der Waals surface area contributed by atoms with E-state index in [1.165, 1.54) is 19.3 Å². The fraction of sp³-hybridized carbons (Fsp3) is 1.00. The van der Waals surface area contributed by atoms with Crippen molar-refractivity contribution >= 4 is 0 Å². The van der Waals surface area contributed by atoms with Crippen LogP contribution in [0.5, 0.6) is 0 Å². The highest BCUT2D eigenvalue weighted by Gasteiger charge is 2.34. The molecule has 0 aliphatic heterocycles. The molecular formula is C14H26F3NO. The average molecular weight is 281 g/mol. The molecule has 0 radical (unpaired) electrons. The summed E-state index contributed by atoms with van der Waals surface area (Å²) in [6.07, 6.45) is 3.21. The molecule has 0 bridgehead atoms. The molecule has 19 heavy (non-hydrogen) atoms. The Balaban J connectivity index is 2.28. The minimum absolute atomic E-state index is 0.139. The predicted octanol–water partition coefficient (Wildman–Crippen LogP) is 3.89. The predicted molar refractivity (Wildman–Crippen MR) is 69.8 cm³/mol. The molecule has 0 aromatic heterocycles. The van der Waals surface area contributed by atoms with Crippen LogP contribution in [0.2, 0.25) is 0 Å². The van der Waals surface area contributed by atoms with Crippen molar-refractivity contribution in [3.63, 3.8) is 0 Å². The zero-order valence-electron chi connectivity index (χ0n) is 11.8. The van der Waals surface area contributed by atoms with Crippen molar-refractivity contribution in [2.75, 3.05) is 19.8 Å². The molecule has 114 valence electrons. The summed E-state index contributed by atoms with van der Waals surface area (Å²) in [5.74, 6) is 0.730. The van der Waals surface area contributed by atoms with Gasteiger partial charge in [0.25, 0.3) is 0 Å². The average Bonchev–Trinajstić information content (AvgIpc) is 2.37. The van der Waals surface area contributed by atoms with E-state index in [0.29, 0.717) is 13.0 Å². The summed E-state index contributed by atoms with van der Waals surface area (Å²) in [4.78, 5) is 0. The van der Waals surface area contributed by atoms with E-state index in [0.717, 1.165) is 25.2 Å². The second-order valence-electron chi connectivity index (χ2n) is 5.85. The van der Waals surface area contributed by atoms with E-state index in [1.807, 2.05) is 0 Å². The van der Waals surface area contributed by atoms with Gasteiger partial charge in [-0.15, -0.1) is 0 Å². The highest BCUT2D eigenvalue weighted by molar-refractivity contribution is 4.87. The molecule has 1 rings (SSSR count). The van der Waals surface area contributed by atoms with Gasteiger partial charge < -0.3 is 10.5 Å². The normalized spacial score (nSPS) is 28.6. The maximum atomic E-state index is 11.9. The van der Waals surface area contributed by atoms with Crippen LogP contribution in [0.4, 0.5) is 13.2 Å². The Morgan fingerprint density at radius 1 is 1.37 bits per heavy atom. The third-order valence-corrected chi connectivity index (χ3v) is 4.31. The van der Waals surface area contributed by atoms with Gasteiger partial charge in [-0.05, 0) is 43.6 Å². The van der Waals surface area contributed by atoms with Gasteiger partial charge in [-0.2, -0.15) is 13.2 Å². The lowest BCUT2D eigenvalue weighted by Crippen LogP contribution is -2.36. The van der Waals surface area contributed by atoms with Crippen LogP contribution in [0, 0.1) is 11.3 Å². The van der Waals surface area contributed by atoms with Crippen LogP contribution in [0.3, 0.4) is 0 Å². The van der Waals surface area contributed by atoms with Gasteiger partial charge in [0.15, 0.2) is 0 Å². The van der Waals surface area contributed by atoms with Gasteiger partial charge in [0.2, 0.25) is 0 Å². The van der Waals surface area contributed by atoms with Crippen LogP contribution in [0.15, 0.2) is 0 Å². The lowest BCUT2D eigenvalue weighted by Gasteiger charge is -2.40. The molecular weight excluding hydrogens is 255 g/mol. The van der Waals surface area contributed by atoms with Gasteiger partial charge in [0.1, 0.15) is 6.61 Å². The van der Waals surface area contributed by atoms with Crippen molar-refractivity contribution in [3.05, 3.63) is 0 Å². The van der Waals surface area contributed by atoms with E-state index >= 15 is 0 Å². The Bertz CT molecular complexity index is 258. The molecule has 2 atom stereocenters. The largest absolute Gasteiger partial charge is 0.411 e. The van der Waals surface area contributed by atoms with Crippen LogP contribution in [-0.4, -0.2) is 25.9 Å². The first-order valence-corrected chi connectivity index (χ1v) is 7.25. The maximum absolute atomic E-state index is 11.9. The molecule has 5 heteroatoms. The van der Waals surface area contributed by atoms with Crippen molar-refractivity contribution in [2.45, 2.75) is 58.0 Å². The molecule has 0 heterocycles. The van der Waals surface area contributed by atoms with Gasteiger partial charge in [-0.1, -0.05) is 26.2 Å². The third kappa shape index (κ3) is 6.13. The topological polar surface area (TPSA) is 35.2 Å². The lowest BCUT2D eigenvalue weighted by molar-refractivity contribution is -0.174. The standard InChI is InChI=1S/C14H26F3NO/c1-2-12-5-3-6-13(9-12,10-18)7-4-8-19-11-14(15,16)17/h12H,2-11,18H2,1H3. The molecule has 1 aliphatic carbocycles. The minimum Gasteiger partial charge on any atom is -0.372 e. The quantitative estimate of drug-likeness (QED) is 0.718. The fourth-order valence-electron chi connectivity index (χ4n) is 3.18. The zero-order chi connectivity index (χ0) is 14.4.